The molecule has 0 unspecified atom stereocenters. The minimum Gasteiger partial charge on any atom is -0.395 e. The van der Waals surface area contributed by atoms with Gasteiger partial charge >= 0.3 is 0 Å². The number of rotatable bonds is 9. The fourth-order valence-corrected chi connectivity index (χ4v) is 5.34. The lowest BCUT2D eigenvalue weighted by atomic mass is 10.0. The van der Waals surface area contributed by atoms with Crippen LogP contribution in [0.4, 0.5) is 11.5 Å². The van der Waals surface area contributed by atoms with Gasteiger partial charge in [-0.1, -0.05) is 60.7 Å². The van der Waals surface area contributed by atoms with E-state index >= 15 is 0 Å². The summed E-state index contributed by atoms with van der Waals surface area (Å²) in [5.41, 5.74) is 5.10. The summed E-state index contributed by atoms with van der Waals surface area (Å²) in [6.45, 7) is -0.307. The molecule has 8 nitrogen and oxygen atoms in total. The van der Waals surface area contributed by atoms with Crippen LogP contribution in [0.3, 0.4) is 0 Å². The molecule has 10 heteroatoms. The van der Waals surface area contributed by atoms with Gasteiger partial charge in [0.15, 0.2) is 5.65 Å². The second kappa shape index (κ2) is 10.6. The van der Waals surface area contributed by atoms with E-state index in [2.05, 4.69) is 15.1 Å². The first-order valence-corrected chi connectivity index (χ1v) is 13.4. The molecule has 0 radical (unpaired) electrons. The van der Waals surface area contributed by atoms with Crippen molar-refractivity contribution in [1.82, 2.24) is 19.3 Å². The number of aliphatic hydroxyl groups is 1. The molecule has 2 heterocycles. The van der Waals surface area contributed by atoms with E-state index in [1.807, 2.05) is 74.6 Å². The van der Waals surface area contributed by atoms with Crippen LogP contribution in [0, 0.1) is 0 Å². The Kier molecular flexibility index (Phi) is 7.05. The van der Waals surface area contributed by atoms with Crippen molar-refractivity contribution in [1.29, 1.82) is 0 Å². The maximum atomic E-state index is 13.0. The molecule has 0 spiro atoms. The van der Waals surface area contributed by atoms with Crippen LogP contribution in [0.25, 0.3) is 16.9 Å². The van der Waals surface area contributed by atoms with Gasteiger partial charge in [-0.2, -0.15) is 9.61 Å². The minimum absolute atomic E-state index is 0.115. The third-order valence-corrected chi connectivity index (χ3v) is 7.56. The largest absolute Gasteiger partial charge is 0.395 e. The number of fused-ring (bicyclic) bond motifs is 1. The summed E-state index contributed by atoms with van der Waals surface area (Å²) in [7, 11) is -1.86. The average molecular weight is 511 g/mol. The lowest BCUT2D eigenvalue weighted by Crippen LogP contribution is -2.39. The highest BCUT2D eigenvalue weighted by Gasteiger charge is 2.20. The number of anilines is 2. The van der Waals surface area contributed by atoms with Crippen molar-refractivity contribution >= 4 is 40.5 Å². The molecule has 3 aromatic carbocycles. The summed E-state index contributed by atoms with van der Waals surface area (Å²) in [6, 6.07) is 27.1. The van der Waals surface area contributed by atoms with Gasteiger partial charge in [-0.25, -0.2) is 18.1 Å². The Labute approximate surface area is 216 Å². The number of aliphatic hydroxyl groups excluding tert-OH is 1. The Morgan fingerprint density at radius 2 is 1.62 bits per heavy atom. The number of aromatic nitrogens is 3. The minimum atomic E-state index is -3.82. The number of benzene rings is 3. The first-order valence-electron chi connectivity index (χ1n) is 11.9. The molecule has 186 valence electrons. The fraction of sp³-hybridized carbons (Fsp3) is 0.111. The monoisotopic (exact) mass is 511 g/mol. The summed E-state index contributed by atoms with van der Waals surface area (Å²) >= 11 is 0. The normalized spacial score (nSPS) is 12.5. The second-order valence-electron chi connectivity index (χ2n) is 8.80. The quantitative estimate of drug-likeness (QED) is 0.262. The van der Waals surface area contributed by atoms with Crippen molar-refractivity contribution in [2.75, 3.05) is 11.9 Å². The standard InChI is InChI=1S/C27H26BN5O3S/c28-24-17-29-33-26(16-25(31-27(24)33)20-9-5-2-6-10-20)30-21-11-13-23(14-12-21)37(35,36)32-22(18-34)15-19-7-3-1-4-8-19/h1-14,16-17,22,30,32,34H,15,18,28H2/t22-/m1/s1. The first kappa shape index (κ1) is 24.7. The highest BCUT2D eigenvalue weighted by molar-refractivity contribution is 7.89. The molecule has 0 saturated heterocycles. The van der Waals surface area contributed by atoms with E-state index in [-0.39, 0.29) is 11.5 Å². The van der Waals surface area contributed by atoms with Crippen molar-refractivity contribution in [3.8, 4) is 11.3 Å². The van der Waals surface area contributed by atoms with Gasteiger partial charge in [-0.15, -0.1) is 0 Å². The maximum Gasteiger partial charge on any atom is 0.240 e. The molecule has 1 atom stereocenters. The number of hydrogen-bond acceptors (Lipinski definition) is 6. The van der Waals surface area contributed by atoms with Gasteiger partial charge in [0.2, 0.25) is 10.0 Å². The molecule has 5 rings (SSSR count). The van der Waals surface area contributed by atoms with Crippen LogP contribution in [0.5, 0.6) is 0 Å². The molecule has 0 aliphatic carbocycles. The number of nitrogens with one attached hydrogen (secondary N) is 2. The highest BCUT2D eigenvalue weighted by Crippen LogP contribution is 2.25. The van der Waals surface area contributed by atoms with Crippen LogP contribution in [-0.4, -0.2) is 48.6 Å². The SMILES string of the molecule is Bc1cnn2c(Nc3ccc(S(=O)(=O)N[C@@H](CO)Cc4ccccc4)cc3)cc(-c3ccccc3)nc12. The number of hydrogen-bond donors (Lipinski definition) is 3. The molecule has 0 aliphatic heterocycles. The van der Waals surface area contributed by atoms with Crippen molar-refractivity contribution in [3.63, 3.8) is 0 Å². The van der Waals surface area contributed by atoms with Crippen LogP contribution < -0.4 is 15.5 Å². The van der Waals surface area contributed by atoms with Gasteiger partial charge in [0.25, 0.3) is 0 Å². The lowest BCUT2D eigenvalue weighted by molar-refractivity contribution is 0.256. The Balaban J connectivity index is 1.37. The zero-order chi connectivity index (χ0) is 25.8. The fourth-order valence-electron chi connectivity index (χ4n) is 4.11. The smallest absolute Gasteiger partial charge is 0.240 e. The van der Waals surface area contributed by atoms with Gasteiger partial charge in [-0.3, -0.25) is 0 Å². The van der Waals surface area contributed by atoms with Crippen LogP contribution in [0.15, 0.2) is 102 Å². The topological polar surface area (TPSA) is 109 Å². The van der Waals surface area contributed by atoms with Crippen molar-refractivity contribution in [3.05, 3.63) is 103 Å². The first-order chi connectivity index (χ1) is 17.9. The van der Waals surface area contributed by atoms with E-state index in [0.717, 1.165) is 27.9 Å². The van der Waals surface area contributed by atoms with Crippen LogP contribution in [0.1, 0.15) is 5.56 Å². The van der Waals surface area contributed by atoms with E-state index in [0.29, 0.717) is 17.9 Å². The molecule has 0 amide bonds. The van der Waals surface area contributed by atoms with Crippen LogP contribution >= 0.6 is 0 Å². The predicted octanol–water partition coefficient (Wildman–Crippen LogP) is 2.28. The molecular weight excluding hydrogens is 485 g/mol. The van der Waals surface area contributed by atoms with Gasteiger partial charge in [0, 0.05) is 29.6 Å². The van der Waals surface area contributed by atoms with Crippen LogP contribution in [-0.2, 0) is 16.4 Å². The maximum absolute atomic E-state index is 13.0. The zero-order valence-electron chi connectivity index (χ0n) is 20.2. The van der Waals surface area contributed by atoms with E-state index in [4.69, 9.17) is 4.98 Å². The van der Waals surface area contributed by atoms with Gasteiger partial charge in [0.1, 0.15) is 13.7 Å². The Morgan fingerprint density at radius 1 is 0.946 bits per heavy atom. The van der Waals surface area contributed by atoms with E-state index < -0.39 is 16.1 Å². The molecular formula is C27H26BN5O3S. The third kappa shape index (κ3) is 5.56. The van der Waals surface area contributed by atoms with Crippen molar-refractivity contribution in [2.45, 2.75) is 17.4 Å². The Hall–Kier alpha value is -3.99. The summed E-state index contributed by atoms with van der Waals surface area (Å²) in [5.74, 6) is 0.703. The summed E-state index contributed by atoms with van der Waals surface area (Å²) in [4.78, 5) is 4.89. The third-order valence-electron chi connectivity index (χ3n) is 6.02. The molecule has 0 bridgehead atoms. The van der Waals surface area contributed by atoms with Gasteiger partial charge in [0.05, 0.1) is 17.2 Å². The number of sulfonamides is 1. The summed E-state index contributed by atoms with van der Waals surface area (Å²) in [5, 5.41) is 17.5. The molecule has 0 aliphatic rings. The molecule has 2 aromatic heterocycles. The molecule has 0 fully saturated rings. The van der Waals surface area contributed by atoms with E-state index in [9.17, 15) is 13.5 Å². The lowest BCUT2D eigenvalue weighted by Gasteiger charge is -2.17. The van der Waals surface area contributed by atoms with Crippen molar-refractivity contribution in [2.24, 2.45) is 0 Å². The zero-order valence-corrected chi connectivity index (χ0v) is 21.1. The molecule has 5 aromatic rings. The molecule has 3 N–H and O–H groups in total. The van der Waals surface area contributed by atoms with E-state index in [1.54, 1.807) is 22.8 Å². The molecule has 0 saturated carbocycles. The predicted molar refractivity (Wildman–Crippen MR) is 148 cm³/mol. The van der Waals surface area contributed by atoms with Gasteiger partial charge in [-0.05, 0) is 41.7 Å². The average Bonchev–Trinajstić information content (AvgIpc) is 3.30. The Morgan fingerprint density at radius 3 is 2.30 bits per heavy atom. The highest BCUT2D eigenvalue weighted by atomic mass is 32.2. The van der Waals surface area contributed by atoms with Gasteiger partial charge < -0.3 is 10.4 Å². The molecule has 37 heavy (non-hydrogen) atoms. The van der Waals surface area contributed by atoms with E-state index in [1.165, 1.54) is 12.1 Å². The van der Waals surface area contributed by atoms with Crippen LogP contribution in [0.2, 0.25) is 0 Å². The van der Waals surface area contributed by atoms with Crippen molar-refractivity contribution < 1.29 is 13.5 Å². The second-order valence-corrected chi connectivity index (χ2v) is 10.5. The Bertz CT molecular complexity index is 1610. The summed E-state index contributed by atoms with van der Waals surface area (Å²) in [6.07, 6.45) is 2.15. The summed E-state index contributed by atoms with van der Waals surface area (Å²) < 4.78 is 30.3. The number of nitrogens with zero attached hydrogens (tertiary/aromatic N) is 3.